The normalized spacial score (nSPS) is 53.5. The number of fused-ring (bicyclic) bond motifs is 2. The summed E-state index contributed by atoms with van der Waals surface area (Å²) in [5.41, 5.74) is 0. The molecule has 7 atom stereocenters. The lowest BCUT2D eigenvalue weighted by molar-refractivity contribution is 0.0214. The third-order valence-electron chi connectivity index (χ3n) is 5.23. The third-order valence-corrected chi connectivity index (χ3v) is 5.23. The molecule has 5 aliphatic rings. The molecular formula is C15H20O4. The van der Waals surface area contributed by atoms with Crippen LogP contribution in [0, 0.1) is 11.8 Å². The second kappa shape index (κ2) is 3.96. The Balaban J connectivity index is 1.08. The second-order valence-corrected chi connectivity index (χ2v) is 6.64. The lowest BCUT2D eigenvalue weighted by Crippen LogP contribution is -2.21. The monoisotopic (exact) mass is 264 g/mol. The van der Waals surface area contributed by atoms with Gasteiger partial charge in [-0.15, -0.1) is 0 Å². The van der Waals surface area contributed by atoms with Gasteiger partial charge in [-0.3, -0.25) is 0 Å². The minimum Gasteiger partial charge on any atom is -0.483 e. The summed E-state index contributed by atoms with van der Waals surface area (Å²) in [7, 11) is 0. The summed E-state index contributed by atoms with van der Waals surface area (Å²) in [4.78, 5) is 0. The van der Waals surface area contributed by atoms with Crippen LogP contribution in [-0.4, -0.2) is 37.3 Å². The van der Waals surface area contributed by atoms with Crippen LogP contribution in [0.4, 0.5) is 0 Å². The molecule has 3 aliphatic heterocycles. The van der Waals surface area contributed by atoms with Gasteiger partial charge in [0.25, 0.3) is 0 Å². The van der Waals surface area contributed by atoms with E-state index in [-0.39, 0.29) is 6.29 Å². The van der Waals surface area contributed by atoms with Crippen LogP contribution in [0.5, 0.6) is 0 Å². The Labute approximate surface area is 113 Å². The average Bonchev–Trinajstić information content (AvgIpc) is 3.33. The summed E-state index contributed by atoms with van der Waals surface area (Å²) in [5, 5.41) is 0. The molecule has 3 saturated heterocycles. The molecule has 2 aliphatic carbocycles. The number of hydrogen-bond donors (Lipinski definition) is 0. The maximum Gasteiger partial charge on any atom is 0.184 e. The summed E-state index contributed by atoms with van der Waals surface area (Å²) >= 11 is 0. The van der Waals surface area contributed by atoms with Crippen LogP contribution in [0.3, 0.4) is 0 Å². The average molecular weight is 264 g/mol. The van der Waals surface area contributed by atoms with E-state index in [1.807, 2.05) is 0 Å². The number of ether oxygens (including phenoxy) is 4. The maximum atomic E-state index is 5.93. The van der Waals surface area contributed by atoms with E-state index in [0.29, 0.717) is 36.3 Å². The van der Waals surface area contributed by atoms with Crippen molar-refractivity contribution in [3.05, 3.63) is 11.8 Å². The number of allylic oxidation sites excluding steroid dienone is 1. The van der Waals surface area contributed by atoms with Gasteiger partial charge in [0.1, 0.15) is 11.9 Å². The van der Waals surface area contributed by atoms with Crippen LogP contribution in [0.25, 0.3) is 0 Å². The smallest absolute Gasteiger partial charge is 0.184 e. The summed E-state index contributed by atoms with van der Waals surface area (Å²) in [6, 6.07) is 0. The van der Waals surface area contributed by atoms with E-state index >= 15 is 0 Å². The molecule has 4 fully saturated rings. The van der Waals surface area contributed by atoms with Gasteiger partial charge in [-0.05, 0) is 50.0 Å². The quantitative estimate of drug-likeness (QED) is 0.728. The molecule has 0 aromatic carbocycles. The highest BCUT2D eigenvalue weighted by atomic mass is 16.8. The zero-order chi connectivity index (χ0) is 12.4. The van der Waals surface area contributed by atoms with Crippen molar-refractivity contribution in [3.63, 3.8) is 0 Å². The Morgan fingerprint density at radius 2 is 2.16 bits per heavy atom. The molecular weight excluding hydrogens is 244 g/mol. The summed E-state index contributed by atoms with van der Waals surface area (Å²) in [6.07, 6.45) is 10.0. The van der Waals surface area contributed by atoms with Crippen molar-refractivity contribution in [3.8, 4) is 0 Å². The molecule has 0 radical (unpaired) electrons. The second-order valence-electron chi connectivity index (χ2n) is 6.64. The molecule has 0 bridgehead atoms. The van der Waals surface area contributed by atoms with Gasteiger partial charge in [-0.2, -0.15) is 0 Å². The molecule has 0 aromatic heterocycles. The minimum absolute atomic E-state index is 0.0524. The predicted octanol–water partition coefficient (Wildman–Crippen LogP) is 1.99. The molecule has 7 unspecified atom stereocenters. The van der Waals surface area contributed by atoms with E-state index in [9.17, 15) is 0 Å². The Morgan fingerprint density at radius 3 is 3.05 bits per heavy atom. The fourth-order valence-corrected chi connectivity index (χ4v) is 3.83. The minimum atomic E-state index is 0.0524. The van der Waals surface area contributed by atoms with Crippen molar-refractivity contribution in [2.75, 3.05) is 6.61 Å². The largest absolute Gasteiger partial charge is 0.483 e. The Morgan fingerprint density at radius 1 is 1.16 bits per heavy atom. The van der Waals surface area contributed by atoms with Gasteiger partial charge in [-0.25, -0.2) is 0 Å². The first kappa shape index (κ1) is 11.1. The van der Waals surface area contributed by atoms with Crippen LogP contribution in [-0.2, 0) is 18.9 Å². The molecule has 0 N–H and O–H groups in total. The molecule has 3 heterocycles. The van der Waals surface area contributed by atoms with E-state index in [2.05, 4.69) is 6.08 Å². The third kappa shape index (κ3) is 2.10. The molecule has 5 rings (SSSR count). The fourth-order valence-electron chi connectivity index (χ4n) is 3.83. The van der Waals surface area contributed by atoms with Gasteiger partial charge < -0.3 is 18.9 Å². The van der Waals surface area contributed by atoms with E-state index in [1.165, 1.54) is 25.0 Å². The van der Waals surface area contributed by atoms with Gasteiger partial charge in [0, 0.05) is 0 Å². The van der Waals surface area contributed by atoms with Gasteiger partial charge in [0.15, 0.2) is 12.4 Å². The van der Waals surface area contributed by atoms with Gasteiger partial charge in [-0.1, -0.05) is 0 Å². The maximum absolute atomic E-state index is 5.93. The van der Waals surface area contributed by atoms with Gasteiger partial charge >= 0.3 is 0 Å². The molecule has 4 heteroatoms. The number of rotatable bonds is 4. The number of hydrogen-bond acceptors (Lipinski definition) is 4. The van der Waals surface area contributed by atoms with Crippen molar-refractivity contribution in [2.45, 2.75) is 62.8 Å². The van der Waals surface area contributed by atoms with Crippen molar-refractivity contribution >= 4 is 0 Å². The first-order valence-electron chi connectivity index (χ1n) is 7.66. The predicted molar refractivity (Wildman–Crippen MR) is 66.3 cm³/mol. The summed E-state index contributed by atoms with van der Waals surface area (Å²) in [5.74, 6) is 2.48. The van der Waals surface area contributed by atoms with Crippen LogP contribution >= 0.6 is 0 Å². The first-order chi connectivity index (χ1) is 9.37. The fraction of sp³-hybridized carbons (Fsp3) is 0.867. The first-order valence-corrected chi connectivity index (χ1v) is 7.66. The standard InChI is InChI=1S/C15H20O4/c1-3-10-12(17-10)5-8(1)7-16-15-14(19-15)9-2-4-11-13(6-9)18-11/h4,8-10,12-15H,1-3,5-7H2. The number of epoxide rings is 3. The van der Waals surface area contributed by atoms with Crippen molar-refractivity contribution in [1.82, 2.24) is 0 Å². The van der Waals surface area contributed by atoms with E-state index in [4.69, 9.17) is 18.9 Å². The molecule has 104 valence electrons. The summed E-state index contributed by atoms with van der Waals surface area (Å²) in [6.45, 7) is 0.849. The molecule has 19 heavy (non-hydrogen) atoms. The highest BCUT2D eigenvalue weighted by Crippen LogP contribution is 2.46. The molecule has 0 aromatic rings. The molecule has 4 nitrogen and oxygen atoms in total. The van der Waals surface area contributed by atoms with Crippen LogP contribution < -0.4 is 0 Å². The zero-order valence-corrected chi connectivity index (χ0v) is 11.0. The summed E-state index contributed by atoms with van der Waals surface area (Å²) < 4.78 is 22.6. The Kier molecular flexibility index (Phi) is 2.32. The van der Waals surface area contributed by atoms with Crippen LogP contribution in [0.2, 0.25) is 0 Å². The van der Waals surface area contributed by atoms with E-state index in [0.717, 1.165) is 19.4 Å². The van der Waals surface area contributed by atoms with Crippen LogP contribution in [0.1, 0.15) is 32.1 Å². The Bertz CT molecular complexity index is 420. The van der Waals surface area contributed by atoms with Crippen molar-refractivity contribution < 1.29 is 18.9 Å². The molecule has 0 amide bonds. The SMILES string of the molecule is C1=C2OC2CC(C2OC2OCC2CCC3OC3C2)C1. The Hall–Kier alpha value is -0.580. The lowest BCUT2D eigenvalue weighted by atomic mass is 9.90. The van der Waals surface area contributed by atoms with E-state index < -0.39 is 0 Å². The van der Waals surface area contributed by atoms with Gasteiger partial charge in [0.05, 0.1) is 18.8 Å². The highest BCUT2D eigenvalue weighted by Gasteiger charge is 2.51. The lowest BCUT2D eigenvalue weighted by Gasteiger charge is -2.18. The highest BCUT2D eigenvalue weighted by molar-refractivity contribution is 5.19. The zero-order valence-electron chi connectivity index (χ0n) is 11.0. The molecule has 1 saturated carbocycles. The van der Waals surface area contributed by atoms with Crippen molar-refractivity contribution in [2.24, 2.45) is 11.8 Å². The van der Waals surface area contributed by atoms with Gasteiger partial charge in [0.2, 0.25) is 0 Å². The van der Waals surface area contributed by atoms with E-state index in [1.54, 1.807) is 0 Å². The topological polar surface area (TPSA) is 46.8 Å². The van der Waals surface area contributed by atoms with Crippen LogP contribution in [0.15, 0.2) is 11.8 Å². The van der Waals surface area contributed by atoms with Crippen molar-refractivity contribution in [1.29, 1.82) is 0 Å². The molecule has 0 spiro atoms.